The lowest BCUT2D eigenvalue weighted by molar-refractivity contribution is -0.143. The fourth-order valence-corrected chi connectivity index (χ4v) is 2.24. The summed E-state index contributed by atoms with van der Waals surface area (Å²) < 4.78 is 5.57. The van der Waals surface area contributed by atoms with Gasteiger partial charge in [-0.25, -0.2) is 0 Å². The van der Waals surface area contributed by atoms with Crippen LogP contribution in [0.1, 0.15) is 13.8 Å². The largest absolute Gasteiger partial charge is 0.492 e. The van der Waals surface area contributed by atoms with Gasteiger partial charge in [-0.2, -0.15) is 0 Å². The van der Waals surface area contributed by atoms with E-state index >= 15 is 0 Å². The average Bonchev–Trinajstić information content (AvgIpc) is 2.54. The van der Waals surface area contributed by atoms with Gasteiger partial charge in [0.25, 0.3) is 0 Å². The molecule has 0 saturated heterocycles. The maximum absolute atomic E-state index is 12.4. The van der Waals surface area contributed by atoms with Crippen LogP contribution in [0, 0.1) is 5.92 Å². The molecular formula is C17H25ClN2O4. The highest BCUT2D eigenvalue weighted by Gasteiger charge is 2.24. The molecule has 2 atom stereocenters. The van der Waals surface area contributed by atoms with E-state index in [1.54, 1.807) is 62.0 Å². The van der Waals surface area contributed by atoms with Crippen LogP contribution in [-0.2, 0) is 9.59 Å². The topological polar surface area (TPSA) is 70.1 Å². The molecule has 0 aliphatic carbocycles. The van der Waals surface area contributed by atoms with Crippen molar-refractivity contribution in [3.63, 3.8) is 0 Å². The Balaban J connectivity index is 2.42. The third-order valence-corrected chi connectivity index (χ3v) is 4.14. The predicted octanol–water partition coefficient (Wildman–Crippen LogP) is 2.22. The van der Waals surface area contributed by atoms with Crippen molar-refractivity contribution in [1.82, 2.24) is 9.80 Å². The van der Waals surface area contributed by atoms with E-state index in [1.807, 2.05) is 0 Å². The van der Waals surface area contributed by atoms with Crippen molar-refractivity contribution >= 4 is 23.5 Å². The third kappa shape index (κ3) is 6.37. The van der Waals surface area contributed by atoms with Crippen molar-refractivity contribution in [1.29, 1.82) is 0 Å². The number of benzene rings is 1. The number of carbonyl (C=O) groups excluding carboxylic acids is 1. The normalized spacial score (nSPS) is 13.4. The fourth-order valence-electron chi connectivity index (χ4n) is 2.12. The maximum Gasteiger partial charge on any atom is 0.307 e. The van der Waals surface area contributed by atoms with Gasteiger partial charge < -0.3 is 14.7 Å². The molecule has 134 valence electrons. The minimum absolute atomic E-state index is 0.0743. The smallest absolute Gasteiger partial charge is 0.307 e. The van der Waals surface area contributed by atoms with Gasteiger partial charge in [0, 0.05) is 18.6 Å². The number of hydrogen-bond donors (Lipinski definition) is 1. The van der Waals surface area contributed by atoms with Gasteiger partial charge >= 0.3 is 5.97 Å². The number of hydrogen-bond acceptors (Lipinski definition) is 4. The van der Waals surface area contributed by atoms with E-state index in [0.29, 0.717) is 30.5 Å². The maximum atomic E-state index is 12.4. The second-order valence-corrected chi connectivity index (χ2v) is 6.35. The lowest BCUT2D eigenvalue weighted by atomic mass is 10.1. The van der Waals surface area contributed by atoms with Crippen LogP contribution in [0.25, 0.3) is 0 Å². The van der Waals surface area contributed by atoms with Gasteiger partial charge in [-0.1, -0.05) is 18.5 Å². The van der Waals surface area contributed by atoms with Crippen LogP contribution >= 0.6 is 11.6 Å². The van der Waals surface area contributed by atoms with Gasteiger partial charge in [0.1, 0.15) is 12.4 Å². The van der Waals surface area contributed by atoms with Gasteiger partial charge in [0.15, 0.2) is 0 Å². The van der Waals surface area contributed by atoms with Gasteiger partial charge in [-0.05, 0) is 38.2 Å². The lowest BCUT2D eigenvalue weighted by Crippen LogP contribution is -2.47. The van der Waals surface area contributed by atoms with Crippen LogP contribution < -0.4 is 4.74 Å². The molecule has 0 saturated carbocycles. The fraction of sp³-hybridized carbons (Fsp3) is 0.529. The van der Waals surface area contributed by atoms with Crippen LogP contribution in [0.3, 0.4) is 0 Å². The molecule has 1 aromatic rings. The molecule has 24 heavy (non-hydrogen) atoms. The molecule has 0 fully saturated rings. The van der Waals surface area contributed by atoms with Crippen molar-refractivity contribution in [2.75, 3.05) is 33.8 Å². The molecule has 0 radical (unpaired) electrons. The van der Waals surface area contributed by atoms with E-state index in [4.69, 9.17) is 21.4 Å². The van der Waals surface area contributed by atoms with Crippen LogP contribution in [0.2, 0.25) is 5.02 Å². The first-order valence-electron chi connectivity index (χ1n) is 7.78. The second kappa shape index (κ2) is 9.49. The van der Waals surface area contributed by atoms with Gasteiger partial charge in [-0.3, -0.25) is 14.5 Å². The van der Waals surface area contributed by atoms with Gasteiger partial charge in [0.05, 0.1) is 18.5 Å². The molecule has 1 rings (SSSR count). The molecule has 7 heteroatoms. The monoisotopic (exact) mass is 356 g/mol. The standard InChI is InChI=1S/C17H25ClN2O4/c1-12(17(22)23)11-20(4)13(2)16(21)19(3)9-10-24-15-7-5-14(18)6-8-15/h5-8,12-13H,9-11H2,1-4H3,(H,22,23). The summed E-state index contributed by atoms with van der Waals surface area (Å²) in [4.78, 5) is 26.6. The van der Waals surface area contributed by atoms with Crippen LogP contribution in [0.15, 0.2) is 24.3 Å². The first-order chi connectivity index (χ1) is 11.2. The minimum Gasteiger partial charge on any atom is -0.492 e. The Kier molecular flexibility index (Phi) is 8.01. The van der Waals surface area contributed by atoms with Crippen molar-refractivity contribution < 1.29 is 19.4 Å². The Labute approximate surface area is 147 Å². The quantitative estimate of drug-likeness (QED) is 0.734. The molecule has 2 unspecified atom stereocenters. The number of halogens is 1. The minimum atomic E-state index is -0.869. The second-order valence-electron chi connectivity index (χ2n) is 5.92. The van der Waals surface area contributed by atoms with Crippen LogP contribution in [-0.4, -0.2) is 66.6 Å². The number of carboxylic acid groups (broad SMARTS) is 1. The third-order valence-electron chi connectivity index (χ3n) is 3.89. The summed E-state index contributed by atoms with van der Waals surface area (Å²) in [6.07, 6.45) is 0. The molecular weight excluding hydrogens is 332 g/mol. The number of nitrogens with zero attached hydrogens (tertiary/aromatic N) is 2. The number of carbonyl (C=O) groups is 2. The summed E-state index contributed by atoms with van der Waals surface area (Å²) in [7, 11) is 3.46. The van der Waals surface area contributed by atoms with E-state index in [1.165, 1.54) is 0 Å². The zero-order valence-electron chi connectivity index (χ0n) is 14.5. The Morgan fingerprint density at radius 1 is 1.21 bits per heavy atom. The molecule has 0 aliphatic heterocycles. The molecule has 1 aromatic carbocycles. The highest BCUT2D eigenvalue weighted by Crippen LogP contribution is 2.15. The van der Waals surface area contributed by atoms with Crippen molar-refractivity contribution in [3.05, 3.63) is 29.3 Å². The molecule has 0 aliphatic rings. The summed E-state index contributed by atoms with van der Waals surface area (Å²) >= 11 is 5.81. The Hall–Kier alpha value is -1.79. The molecule has 0 spiro atoms. The van der Waals surface area contributed by atoms with Crippen LogP contribution in [0.5, 0.6) is 5.75 Å². The van der Waals surface area contributed by atoms with E-state index in [0.717, 1.165) is 0 Å². The number of ether oxygens (including phenoxy) is 1. The summed E-state index contributed by atoms with van der Waals surface area (Å²) in [5, 5.41) is 9.60. The Morgan fingerprint density at radius 3 is 2.33 bits per heavy atom. The zero-order valence-corrected chi connectivity index (χ0v) is 15.3. The van der Waals surface area contributed by atoms with Crippen LogP contribution in [0.4, 0.5) is 0 Å². The first kappa shape index (κ1) is 20.3. The summed E-state index contributed by atoms with van der Waals surface area (Å²) in [6.45, 7) is 4.52. The van der Waals surface area contributed by atoms with E-state index in [2.05, 4.69) is 0 Å². The number of rotatable bonds is 9. The van der Waals surface area contributed by atoms with E-state index in [9.17, 15) is 9.59 Å². The predicted molar refractivity (Wildman–Crippen MR) is 93.5 cm³/mol. The van der Waals surface area contributed by atoms with Crippen molar-refractivity contribution in [2.24, 2.45) is 5.92 Å². The van der Waals surface area contributed by atoms with Gasteiger partial charge in [0.2, 0.25) is 5.91 Å². The Morgan fingerprint density at radius 2 is 1.79 bits per heavy atom. The summed E-state index contributed by atoms with van der Waals surface area (Å²) in [6, 6.07) is 6.63. The lowest BCUT2D eigenvalue weighted by Gasteiger charge is -2.29. The number of aliphatic carboxylic acids is 1. The van der Waals surface area contributed by atoms with Crippen molar-refractivity contribution in [2.45, 2.75) is 19.9 Å². The number of likely N-dealkylation sites (N-methyl/N-ethyl adjacent to an activating group) is 2. The molecule has 0 aromatic heterocycles. The Bertz CT molecular complexity index is 550. The molecule has 0 heterocycles. The highest BCUT2D eigenvalue weighted by atomic mass is 35.5. The summed E-state index contributed by atoms with van der Waals surface area (Å²) in [5.41, 5.74) is 0. The molecule has 6 nitrogen and oxygen atoms in total. The highest BCUT2D eigenvalue weighted by molar-refractivity contribution is 6.30. The number of amides is 1. The zero-order chi connectivity index (χ0) is 18.3. The van der Waals surface area contributed by atoms with E-state index < -0.39 is 17.9 Å². The van der Waals surface area contributed by atoms with Gasteiger partial charge in [-0.15, -0.1) is 0 Å². The molecule has 1 amide bonds. The summed E-state index contributed by atoms with van der Waals surface area (Å²) in [5.74, 6) is -0.773. The molecule has 1 N–H and O–H groups in total. The molecule has 0 bridgehead atoms. The SMILES string of the molecule is CC(CN(C)C(C)C(=O)N(C)CCOc1ccc(Cl)cc1)C(=O)O. The first-order valence-corrected chi connectivity index (χ1v) is 8.16. The van der Waals surface area contributed by atoms with Crippen molar-refractivity contribution in [3.8, 4) is 5.75 Å². The average molecular weight is 357 g/mol. The number of carboxylic acids is 1. The van der Waals surface area contributed by atoms with E-state index in [-0.39, 0.29) is 5.91 Å².